The Labute approximate surface area is 119 Å². The van der Waals surface area contributed by atoms with Gasteiger partial charge in [0.2, 0.25) is 0 Å². The first-order valence-corrected chi connectivity index (χ1v) is 7.27. The van der Waals surface area contributed by atoms with E-state index in [1.165, 1.54) is 5.56 Å². The number of rotatable bonds is 5. The molecule has 1 aromatic carbocycles. The third kappa shape index (κ3) is 3.29. The van der Waals surface area contributed by atoms with E-state index in [4.69, 9.17) is 4.74 Å². The van der Waals surface area contributed by atoms with E-state index < -0.39 is 6.61 Å². The zero-order valence-electron chi connectivity index (χ0n) is 12.2. The SMILES string of the molecule is CCCC[C@@H]1O[C@H](C)c2cc(OC(F)F)ccc2[C@@H]1C. The molecule has 0 aliphatic carbocycles. The van der Waals surface area contributed by atoms with Crippen LogP contribution < -0.4 is 4.74 Å². The Balaban J connectivity index is 2.21. The molecule has 0 N–H and O–H groups in total. The summed E-state index contributed by atoms with van der Waals surface area (Å²) in [6.45, 7) is 3.48. The standard InChI is InChI=1S/C16H22F2O2/c1-4-5-6-15-10(2)13-8-7-12(20-16(17)18)9-14(13)11(3)19-15/h7-11,15-16H,4-6H2,1-3H3/t10-,11+,15-/m0/s1. The van der Waals surface area contributed by atoms with Crippen molar-refractivity contribution in [2.75, 3.05) is 0 Å². The lowest BCUT2D eigenvalue weighted by molar-refractivity contribution is -0.0515. The van der Waals surface area contributed by atoms with Gasteiger partial charge in [0.1, 0.15) is 5.75 Å². The first-order chi connectivity index (χ1) is 9.52. The van der Waals surface area contributed by atoms with Crippen molar-refractivity contribution >= 4 is 0 Å². The third-order valence-electron chi connectivity index (χ3n) is 3.99. The fourth-order valence-corrected chi connectivity index (χ4v) is 2.87. The monoisotopic (exact) mass is 284 g/mol. The van der Waals surface area contributed by atoms with Crippen molar-refractivity contribution in [2.45, 2.75) is 64.8 Å². The number of ether oxygens (including phenoxy) is 2. The lowest BCUT2D eigenvalue weighted by Crippen LogP contribution is -2.28. The average Bonchev–Trinajstić information content (AvgIpc) is 2.40. The van der Waals surface area contributed by atoms with E-state index in [1.807, 2.05) is 13.0 Å². The second-order valence-corrected chi connectivity index (χ2v) is 5.42. The Kier molecular flexibility index (Phi) is 4.97. The van der Waals surface area contributed by atoms with Gasteiger partial charge >= 0.3 is 6.61 Å². The quantitative estimate of drug-likeness (QED) is 0.754. The molecular formula is C16H22F2O2. The largest absolute Gasteiger partial charge is 0.435 e. The predicted molar refractivity (Wildman–Crippen MR) is 74.3 cm³/mol. The van der Waals surface area contributed by atoms with Gasteiger partial charge in [0, 0.05) is 5.92 Å². The van der Waals surface area contributed by atoms with Crippen LogP contribution in [0.5, 0.6) is 5.75 Å². The average molecular weight is 284 g/mol. The molecule has 0 bridgehead atoms. The molecule has 3 atom stereocenters. The summed E-state index contributed by atoms with van der Waals surface area (Å²) >= 11 is 0. The van der Waals surface area contributed by atoms with Crippen LogP contribution in [0.25, 0.3) is 0 Å². The predicted octanol–water partition coefficient (Wildman–Crippen LogP) is 5.04. The number of hydrogen-bond donors (Lipinski definition) is 0. The van der Waals surface area contributed by atoms with Crippen molar-refractivity contribution < 1.29 is 18.3 Å². The zero-order chi connectivity index (χ0) is 14.7. The molecule has 0 fully saturated rings. The maximum Gasteiger partial charge on any atom is 0.387 e. The van der Waals surface area contributed by atoms with E-state index in [0.717, 1.165) is 24.8 Å². The summed E-state index contributed by atoms with van der Waals surface area (Å²) < 4.78 is 35.1. The summed E-state index contributed by atoms with van der Waals surface area (Å²) in [4.78, 5) is 0. The minimum absolute atomic E-state index is 0.0794. The summed E-state index contributed by atoms with van der Waals surface area (Å²) in [7, 11) is 0. The van der Waals surface area contributed by atoms with Gasteiger partial charge in [-0.3, -0.25) is 0 Å². The molecule has 0 amide bonds. The van der Waals surface area contributed by atoms with Crippen LogP contribution in [-0.2, 0) is 4.74 Å². The summed E-state index contributed by atoms with van der Waals surface area (Å²) in [5.41, 5.74) is 2.15. The molecule has 4 heteroatoms. The van der Waals surface area contributed by atoms with Crippen LogP contribution in [0.1, 0.15) is 63.2 Å². The van der Waals surface area contributed by atoms with Gasteiger partial charge in [-0.2, -0.15) is 8.78 Å². The maximum absolute atomic E-state index is 12.3. The van der Waals surface area contributed by atoms with Crippen molar-refractivity contribution in [3.05, 3.63) is 29.3 Å². The molecule has 0 spiro atoms. The molecule has 112 valence electrons. The Hall–Kier alpha value is -1.16. The number of benzene rings is 1. The molecule has 0 aromatic heterocycles. The van der Waals surface area contributed by atoms with Crippen LogP contribution in [-0.4, -0.2) is 12.7 Å². The van der Waals surface area contributed by atoms with E-state index >= 15 is 0 Å². The van der Waals surface area contributed by atoms with Crippen LogP contribution in [0.15, 0.2) is 18.2 Å². The molecule has 0 saturated heterocycles. The van der Waals surface area contributed by atoms with Crippen LogP contribution in [0.2, 0.25) is 0 Å². The first kappa shape index (κ1) is 15.2. The van der Waals surface area contributed by atoms with E-state index in [2.05, 4.69) is 18.6 Å². The topological polar surface area (TPSA) is 18.5 Å². The minimum Gasteiger partial charge on any atom is -0.435 e. The van der Waals surface area contributed by atoms with E-state index in [9.17, 15) is 8.78 Å². The Morgan fingerprint density at radius 2 is 2.00 bits per heavy atom. The van der Waals surface area contributed by atoms with Gasteiger partial charge in [0.15, 0.2) is 0 Å². The second kappa shape index (κ2) is 6.53. The van der Waals surface area contributed by atoms with Gasteiger partial charge in [0.05, 0.1) is 12.2 Å². The van der Waals surface area contributed by atoms with Gasteiger partial charge in [0.25, 0.3) is 0 Å². The summed E-state index contributed by atoms with van der Waals surface area (Å²) in [6.07, 6.45) is 3.46. The van der Waals surface area contributed by atoms with Gasteiger partial charge in [-0.25, -0.2) is 0 Å². The van der Waals surface area contributed by atoms with Crippen molar-refractivity contribution in [2.24, 2.45) is 0 Å². The molecule has 2 nitrogen and oxygen atoms in total. The number of hydrogen-bond acceptors (Lipinski definition) is 2. The molecule has 1 aromatic rings. The highest BCUT2D eigenvalue weighted by Gasteiger charge is 2.31. The highest BCUT2D eigenvalue weighted by molar-refractivity contribution is 5.40. The second-order valence-electron chi connectivity index (χ2n) is 5.42. The zero-order valence-corrected chi connectivity index (χ0v) is 12.2. The molecule has 20 heavy (non-hydrogen) atoms. The van der Waals surface area contributed by atoms with Crippen molar-refractivity contribution in [3.63, 3.8) is 0 Å². The molecular weight excluding hydrogens is 262 g/mol. The Bertz CT molecular complexity index is 448. The lowest BCUT2D eigenvalue weighted by atomic mass is 9.84. The van der Waals surface area contributed by atoms with Gasteiger partial charge < -0.3 is 9.47 Å². The fourth-order valence-electron chi connectivity index (χ4n) is 2.87. The maximum atomic E-state index is 12.3. The van der Waals surface area contributed by atoms with Crippen LogP contribution in [0.4, 0.5) is 8.78 Å². The molecule has 2 rings (SSSR count). The molecule has 1 heterocycles. The number of alkyl halides is 2. The fraction of sp³-hybridized carbons (Fsp3) is 0.625. The van der Waals surface area contributed by atoms with E-state index in [-0.39, 0.29) is 23.9 Å². The first-order valence-electron chi connectivity index (χ1n) is 7.27. The number of halogens is 2. The van der Waals surface area contributed by atoms with Crippen molar-refractivity contribution in [1.82, 2.24) is 0 Å². The molecule has 0 saturated carbocycles. The van der Waals surface area contributed by atoms with E-state index in [0.29, 0.717) is 0 Å². The van der Waals surface area contributed by atoms with Gasteiger partial charge in [-0.15, -0.1) is 0 Å². The van der Waals surface area contributed by atoms with Crippen LogP contribution >= 0.6 is 0 Å². The molecule has 0 radical (unpaired) electrons. The highest BCUT2D eigenvalue weighted by atomic mass is 19.3. The van der Waals surface area contributed by atoms with Crippen LogP contribution in [0, 0.1) is 0 Å². The van der Waals surface area contributed by atoms with Crippen molar-refractivity contribution in [1.29, 1.82) is 0 Å². The summed E-state index contributed by atoms with van der Waals surface area (Å²) in [5.74, 6) is 0.488. The van der Waals surface area contributed by atoms with Gasteiger partial charge in [-0.05, 0) is 36.6 Å². The Morgan fingerprint density at radius 1 is 1.25 bits per heavy atom. The molecule has 1 aliphatic rings. The van der Waals surface area contributed by atoms with Gasteiger partial charge in [-0.1, -0.05) is 32.8 Å². The minimum atomic E-state index is -2.79. The molecule has 1 aliphatic heterocycles. The molecule has 0 unspecified atom stereocenters. The number of unbranched alkanes of at least 4 members (excludes halogenated alkanes) is 1. The van der Waals surface area contributed by atoms with Crippen LogP contribution in [0.3, 0.4) is 0 Å². The summed E-state index contributed by atoms with van der Waals surface area (Å²) in [5, 5.41) is 0. The highest BCUT2D eigenvalue weighted by Crippen LogP contribution is 2.40. The lowest BCUT2D eigenvalue weighted by Gasteiger charge is -2.36. The summed E-state index contributed by atoms with van der Waals surface area (Å²) in [6, 6.07) is 5.20. The van der Waals surface area contributed by atoms with E-state index in [1.54, 1.807) is 12.1 Å². The number of fused-ring (bicyclic) bond motifs is 1. The van der Waals surface area contributed by atoms with Crippen molar-refractivity contribution in [3.8, 4) is 5.75 Å². The smallest absolute Gasteiger partial charge is 0.387 e. The third-order valence-corrected chi connectivity index (χ3v) is 3.99. The normalized spacial score (nSPS) is 25.6. The Morgan fingerprint density at radius 3 is 2.65 bits per heavy atom.